The van der Waals surface area contributed by atoms with Gasteiger partial charge in [0.05, 0.1) is 6.54 Å². The lowest BCUT2D eigenvalue weighted by Crippen LogP contribution is -2.33. The van der Waals surface area contributed by atoms with Crippen molar-refractivity contribution in [3.8, 4) is 12.0 Å². The molecule has 0 bridgehead atoms. The minimum atomic E-state index is -0.564. The Morgan fingerprint density at radius 2 is 1.71 bits per heavy atom. The number of rotatable bonds is 2. The van der Waals surface area contributed by atoms with Gasteiger partial charge in [-0.2, -0.15) is 0 Å². The van der Waals surface area contributed by atoms with Crippen LogP contribution in [-0.4, -0.2) is 16.6 Å². The zero-order chi connectivity index (χ0) is 17.6. The van der Waals surface area contributed by atoms with Crippen LogP contribution in [0.3, 0.4) is 0 Å². The Hall–Kier alpha value is -2.25. The van der Waals surface area contributed by atoms with E-state index in [2.05, 4.69) is 27.9 Å². The second-order valence-corrected chi connectivity index (χ2v) is 7.21. The van der Waals surface area contributed by atoms with Crippen molar-refractivity contribution in [2.24, 2.45) is 0 Å². The Morgan fingerprint density at radius 1 is 1.08 bits per heavy atom. The van der Waals surface area contributed by atoms with E-state index in [1.807, 2.05) is 75.4 Å². The molecule has 0 aliphatic carbocycles. The maximum Gasteiger partial charge on any atom is 0.422 e. The second-order valence-electron chi connectivity index (χ2n) is 6.30. The Morgan fingerprint density at radius 3 is 2.29 bits per heavy atom. The van der Waals surface area contributed by atoms with Gasteiger partial charge in [0.25, 0.3) is 0 Å². The fraction of sp³-hybridized carbons (Fsp3) is 0.250. The van der Waals surface area contributed by atoms with Crippen molar-refractivity contribution in [1.29, 1.82) is 0 Å². The number of ether oxygens (including phenoxy) is 1. The second kappa shape index (κ2) is 8.03. The molecule has 0 fully saturated rings. The van der Waals surface area contributed by atoms with Crippen LogP contribution in [0.4, 0.5) is 4.79 Å². The molecule has 0 atom stereocenters. The predicted octanol–water partition coefficient (Wildman–Crippen LogP) is 5.20. The fourth-order valence-electron chi connectivity index (χ4n) is 1.90. The normalized spacial score (nSPS) is 10.5. The fourth-order valence-corrected chi connectivity index (χ4v) is 2.16. The van der Waals surface area contributed by atoms with Gasteiger partial charge in [0.15, 0.2) is 0 Å². The van der Waals surface area contributed by atoms with E-state index in [1.54, 1.807) is 0 Å². The highest BCUT2D eigenvalue weighted by Gasteiger charge is 2.21. The molecule has 0 radical (unpaired) electrons. The molecule has 0 aliphatic rings. The summed E-state index contributed by atoms with van der Waals surface area (Å²) in [6, 6.07) is 20.3. The van der Waals surface area contributed by atoms with Crippen molar-refractivity contribution in [3.05, 3.63) is 70.2 Å². The lowest BCUT2D eigenvalue weighted by Gasteiger charge is -2.23. The van der Waals surface area contributed by atoms with E-state index in [0.29, 0.717) is 6.54 Å². The highest BCUT2D eigenvalue weighted by molar-refractivity contribution is 9.10. The monoisotopic (exact) mass is 385 g/mol. The number of nitrogens with zero attached hydrogens (tertiary/aromatic N) is 1. The summed E-state index contributed by atoms with van der Waals surface area (Å²) in [4.78, 5) is 13.8. The molecule has 0 heterocycles. The van der Waals surface area contributed by atoms with Crippen LogP contribution in [0.25, 0.3) is 0 Å². The van der Waals surface area contributed by atoms with Crippen LogP contribution in [0.2, 0.25) is 0 Å². The smallest absolute Gasteiger partial charge is 0.422 e. The van der Waals surface area contributed by atoms with E-state index in [0.717, 1.165) is 15.6 Å². The number of hydrogen-bond donors (Lipinski definition) is 0. The van der Waals surface area contributed by atoms with Gasteiger partial charge >= 0.3 is 6.09 Å². The van der Waals surface area contributed by atoms with Gasteiger partial charge in [-0.15, -0.1) is 0 Å². The molecule has 0 saturated heterocycles. The molecule has 2 aromatic rings. The van der Waals surface area contributed by atoms with Crippen LogP contribution >= 0.6 is 15.9 Å². The maximum absolute atomic E-state index is 12.4. The molecule has 3 nitrogen and oxygen atoms in total. The zero-order valence-corrected chi connectivity index (χ0v) is 15.6. The number of carbonyl (C=O) groups excluding carboxylic acids is 1. The Kier molecular flexibility index (Phi) is 6.05. The van der Waals surface area contributed by atoms with E-state index in [1.165, 1.54) is 4.90 Å². The minimum absolute atomic E-state index is 0.374. The number of carbonyl (C=O) groups is 1. The standard InChI is InChI=1S/C20H20BrNO2/c1-20(2,3)24-19(23)22(15-17-7-5-4-6-8-17)14-13-16-9-11-18(21)12-10-16/h4-12H,15H2,1-3H3. The van der Waals surface area contributed by atoms with Gasteiger partial charge in [-0.1, -0.05) is 46.3 Å². The van der Waals surface area contributed by atoms with Crippen LogP contribution in [-0.2, 0) is 11.3 Å². The molecule has 0 aromatic heterocycles. The third kappa shape index (κ3) is 6.10. The molecule has 0 N–H and O–H groups in total. The average Bonchev–Trinajstić information content (AvgIpc) is 2.52. The molecule has 0 unspecified atom stereocenters. The summed E-state index contributed by atoms with van der Waals surface area (Å²) < 4.78 is 6.44. The molecule has 0 aliphatic heterocycles. The first-order chi connectivity index (χ1) is 11.3. The summed E-state index contributed by atoms with van der Waals surface area (Å²) in [7, 11) is 0. The number of amides is 1. The van der Waals surface area contributed by atoms with Crippen molar-refractivity contribution >= 4 is 22.0 Å². The molecule has 1 amide bonds. The molecular formula is C20H20BrNO2. The van der Waals surface area contributed by atoms with Crippen molar-refractivity contribution in [1.82, 2.24) is 4.90 Å². The van der Waals surface area contributed by atoms with Gasteiger partial charge in [0, 0.05) is 16.1 Å². The van der Waals surface area contributed by atoms with E-state index in [9.17, 15) is 4.79 Å². The first kappa shape index (κ1) is 18.1. The molecular weight excluding hydrogens is 366 g/mol. The van der Waals surface area contributed by atoms with Gasteiger partial charge in [0.1, 0.15) is 5.60 Å². The third-order valence-corrected chi connectivity index (χ3v) is 3.51. The minimum Gasteiger partial charge on any atom is -0.443 e. The van der Waals surface area contributed by atoms with Crippen molar-refractivity contribution in [2.75, 3.05) is 0 Å². The van der Waals surface area contributed by atoms with E-state index in [4.69, 9.17) is 4.74 Å². The maximum atomic E-state index is 12.4. The van der Waals surface area contributed by atoms with Gasteiger partial charge in [0.2, 0.25) is 0 Å². The van der Waals surface area contributed by atoms with Crippen molar-refractivity contribution in [3.63, 3.8) is 0 Å². The van der Waals surface area contributed by atoms with Crippen LogP contribution in [0, 0.1) is 12.0 Å². The largest absolute Gasteiger partial charge is 0.443 e. The van der Waals surface area contributed by atoms with Gasteiger partial charge in [-0.05, 0) is 56.5 Å². The lowest BCUT2D eigenvalue weighted by atomic mass is 10.2. The molecule has 24 heavy (non-hydrogen) atoms. The Bertz CT molecular complexity index is 737. The SMILES string of the molecule is CC(C)(C)OC(=O)N(C#Cc1ccc(Br)cc1)Cc1ccccc1. The molecule has 0 spiro atoms. The topological polar surface area (TPSA) is 29.5 Å². The van der Waals surface area contributed by atoms with E-state index in [-0.39, 0.29) is 0 Å². The summed E-state index contributed by atoms with van der Waals surface area (Å²) in [6.45, 7) is 5.90. The summed E-state index contributed by atoms with van der Waals surface area (Å²) in [5.41, 5.74) is 1.26. The zero-order valence-electron chi connectivity index (χ0n) is 14.0. The number of halogens is 1. The predicted molar refractivity (Wildman–Crippen MR) is 99.2 cm³/mol. The van der Waals surface area contributed by atoms with Crippen LogP contribution < -0.4 is 0 Å². The molecule has 2 aromatic carbocycles. The van der Waals surface area contributed by atoms with E-state index < -0.39 is 11.7 Å². The first-order valence-electron chi connectivity index (χ1n) is 7.65. The van der Waals surface area contributed by atoms with Crippen LogP contribution in [0.1, 0.15) is 31.9 Å². The molecule has 0 saturated carbocycles. The summed E-state index contributed by atoms with van der Waals surface area (Å²) in [6.07, 6.45) is -0.448. The lowest BCUT2D eigenvalue weighted by molar-refractivity contribution is 0.0341. The van der Waals surface area contributed by atoms with Crippen LogP contribution in [0.5, 0.6) is 0 Å². The van der Waals surface area contributed by atoms with Gasteiger partial charge in [-0.25, -0.2) is 9.69 Å². The highest BCUT2D eigenvalue weighted by atomic mass is 79.9. The average molecular weight is 386 g/mol. The Balaban J connectivity index is 2.22. The van der Waals surface area contributed by atoms with Gasteiger partial charge < -0.3 is 4.74 Å². The summed E-state index contributed by atoms with van der Waals surface area (Å²) in [5, 5.41) is 0. The van der Waals surface area contributed by atoms with E-state index >= 15 is 0 Å². The summed E-state index contributed by atoms with van der Waals surface area (Å²) >= 11 is 3.39. The molecule has 4 heteroatoms. The van der Waals surface area contributed by atoms with Gasteiger partial charge in [-0.3, -0.25) is 0 Å². The van der Waals surface area contributed by atoms with Crippen molar-refractivity contribution < 1.29 is 9.53 Å². The molecule has 2 rings (SSSR count). The third-order valence-electron chi connectivity index (χ3n) is 2.98. The Labute approximate surface area is 151 Å². The number of benzene rings is 2. The summed E-state index contributed by atoms with van der Waals surface area (Å²) in [5.74, 6) is 3.01. The number of hydrogen-bond acceptors (Lipinski definition) is 2. The highest BCUT2D eigenvalue weighted by Crippen LogP contribution is 2.13. The quantitative estimate of drug-likeness (QED) is 0.525. The first-order valence-corrected chi connectivity index (χ1v) is 8.44. The van der Waals surface area contributed by atoms with Crippen LogP contribution in [0.15, 0.2) is 59.1 Å². The molecule has 124 valence electrons. The van der Waals surface area contributed by atoms with Crippen molar-refractivity contribution in [2.45, 2.75) is 32.9 Å².